The Morgan fingerprint density at radius 1 is 1.15 bits per heavy atom. The molecule has 0 heterocycles. The summed E-state index contributed by atoms with van der Waals surface area (Å²) in [5.41, 5.74) is 0.975. The minimum Gasteiger partial charge on any atom is -0.395 e. The highest BCUT2D eigenvalue weighted by atomic mass is 35.5. The van der Waals surface area contributed by atoms with E-state index in [1.165, 1.54) is 0 Å². The van der Waals surface area contributed by atoms with E-state index >= 15 is 0 Å². The molecule has 27 heavy (non-hydrogen) atoms. The van der Waals surface area contributed by atoms with Gasteiger partial charge in [-0.25, -0.2) is 0 Å². The Hall–Kier alpha value is -3.06. The van der Waals surface area contributed by atoms with Gasteiger partial charge in [-0.2, -0.15) is 10.4 Å². The number of anilines is 1. The number of rotatable bonds is 8. The standard InChI is InChI=1S/C17H16ClN5O4/c18-16-10-15(23(26)27)9-12(11-19)17(16)21-20-13-1-3-14(4-2-13)22(5-7-24)6-8-25/h1-4,9-10,24-25H,5-8H2. The molecule has 0 saturated heterocycles. The van der Waals surface area contributed by atoms with Crippen molar-refractivity contribution in [1.29, 1.82) is 5.26 Å². The van der Waals surface area contributed by atoms with Crippen LogP contribution in [0.2, 0.25) is 5.02 Å². The highest BCUT2D eigenvalue weighted by Crippen LogP contribution is 2.34. The Morgan fingerprint density at radius 3 is 2.30 bits per heavy atom. The number of non-ortho nitro benzene ring substituents is 1. The van der Waals surface area contributed by atoms with E-state index in [0.29, 0.717) is 18.8 Å². The van der Waals surface area contributed by atoms with Crippen LogP contribution in [-0.2, 0) is 0 Å². The van der Waals surface area contributed by atoms with Gasteiger partial charge in [0.2, 0.25) is 0 Å². The molecule has 0 bridgehead atoms. The number of azo groups is 1. The summed E-state index contributed by atoms with van der Waals surface area (Å²) in [5, 5.41) is 46.1. The lowest BCUT2D eigenvalue weighted by Gasteiger charge is -2.22. The molecule has 0 saturated carbocycles. The summed E-state index contributed by atoms with van der Waals surface area (Å²) in [7, 11) is 0. The van der Waals surface area contributed by atoms with Crippen molar-refractivity contribution >= 4 is 34.4 Å². The van der Waals surface area contributed by atoms with Gasteiger partial charge in [0.25, 0.3) is 5.69 Å². The molecule has 0 radical (unpaired) electrons. The van der Waals surface area contributed by atoms with Crippen LogP contribution in [-0.4, -0.2) is 41.4 Å². The number of aliphatic hydroxyl groups is 2. The summed E-state index contributed by atoms with van der Waals surface area (Å²) in [6.07, 6.45) is 0. The maximum atomic E-state index is 10.8. The van der Waals surface area contributed by atoms with Gasteiger partial charge in [-0.05, 0) is 24.3 Å². The number of halogens is 1. The maximum Gasteiger partial charge on any atom is 0.272 e. The fourth-order valence-corrected chi connectivity index (χ4v) is 2.58. The second kappa shape index (κ2) is 9.59. The molecule has 0 aliphatic heterocycles. The third-order valence-electron chi connectivity index (χ3n) is 3.60. The van der Waals surface area contributed by atoms with Gasteiger partial charge in [0.15, 0.2) is 0 Å². The molecule has 2 N–H and O–H groups in total. The molecule has 140 valence electrons. The number of hydrogen-bond donors (Lipinski definition) is 2. The zero-order valence-corrected chi connectivity index (χ0v) is 14.9. The van der Waals surface area contributed by atoms with E-state index in [1.54, 1.807) is 24.3 Å². The fraction of sp³-hybridized carbons (Fsp3) is 0.235. The molecule has 2 rings (SSSR count). The topological polar surface area (TPSA) is 135 Å². The lowest BCUT2D eigenvalue weighted by molar-refractivity contribution is -0.384. The van der Waals surface area contributed by atoms with Crippen molar-refractivity contribution in [2.45, 2.75) is 0 Å². The summed E-state index contributed by atoms with van der Waals surface area (Å²) >= 11 is 6.00. The van der Waals surface area contributed by atoms with E-state index in [-0.39, 0.29) is 35.2 Å². The van der Waals surface area contributed by atoms with E-state index in [1.807, 2.05) is 11.0 Å². The summed E-state index contributed by atoms with van der Waals surface area (Å²) in [5.74, 6) is 0. The lowest BCUT2D eigenvalue weighted by Crippen LogP contribution is -2.29. The van der Waals surface area contributed by atoms with Crippen molar-refractivity contribution in [3.05, 3.63) is 57.1 Å². The molecule has 0 aromatic heterocycles. The van der Waals surface area contributed by atoms with Crippen LogP contribution in [0.5, 0.6) is 0 Å². The number of nitro groups is 1. The van der Waals surface area contributed by atoms with Gasteiger partial charge in [0.05, 0.1) is 34.4 Å². The zero-order chi connectivity index (χ0) is 19.8. The summed E-state index contributed by atoms with van der Waals surface area (Å²) < 4.78 is 0. The Kier molecular flexibility index (Phi) is 7.19. The first-order valence-electron chi connectivity index (χ1n) is 7.86. The van der Waals surface area contributed by atoms with Crippen molar-refractivity contribution in [2.75, 3.05) is 31.2 Å². The van der Waals surface area contributed by atoms with Crippen molar-refractivity contribution in [2.24, 2.45) is 10.2 Å². The Morgan fingerprint density at radius 2 is 1.78 bits per heavy atom. The molecule has 9 nitrogen and oxygen atoms in total. The molecule has 0 spiro atoms. The van der Waals surface area contributed by atoms with Gasteiger partial charge in [0, 0.05) is 30.9 Å². The first kappa shape index (κ1) is 20.3. The predicted octanol–water partition coefficient (Wildman–Crippen LogP) is 3.33. The molecule has 2 aromatic carbocycles. The van der Waals surface area contributed by atoms with Gasteiger partial charge < -0.3 is 15.1 Å². The molecule has 2 aromatic rings. The van der Waals surface area contributed by atoms with E-state index in [9.17, 15) is 10.1 Å². The molecule has 0 atom stereocenters. The number of benzene rings is 2. The average molecular weight is 390 g/mol. The van der Waals surface area contributed by atoms with Crippen molar-refractivity contribution in [3.63, 3.8) is 0 Å². The second-order valence-corrected chi connectivity index (χ2v) is 5.75. The molecular formula is C17H16ClN5O4. The molecule has 0 aliphatic carbocycles. The minimum absolute atomic E-state index is 0.0433. The van der Waals surface area contributed by atoms with Crippen molar-refractivity contribution < 1.29 is 15.1 Å². The van der Waals surface area contributed by atoms with Crippen LogP contribution in [0.1, 0.15) is 5.56 Å². The van der Waals surface area contributed by atoms with Gasteiger partial charge >= 0.3 is 0 Å². The van der Waals surface area contributed by atoms with E-state index in [0.717, 1.165) is 17.8 Å². The number of nitro benzene ring substituents is 1. The normalized spacial score (nSPS) is 10.7. The molecule has 0 amide bonds. The van der Waals surface area contributed by atoms with Gasteiger partial charge in [0.1, 0.15) is 11.8 Å². The van der Waals surface area contributed by atoms with Gasteiger partial charge in [-0.15, -0.1) is 5.11 Å². The second-order valence-electron chi connectivity index (χ2n) is 5.34. The quantitative estimate of drug-likeness (QED) is 0.403. The summed E-state index contributed by atoms with van der Waals surface area (Å²) in [6.45, 7) is 0.671. The molecular weight excluding hydrogens is 374 g/mol. The SMILES string of the molecule is N#Cc1cc([N+](=O)[O-])cc(Cl)c1N=Nc1ccc(N(CCO)CCO)cc1. The van der Waals surface area contributed by atoms with Crippen LogP contribution in [0.3, 0.4) is 0 Å². The molecule has 0 aliphatic rings. The average Bonchev–Trinajstić information content (AvgIpc) is 2.66. The number of hydrogen-bond acceptors (Lipinski definition) is 8. The van der Waals surface area contributed by atoms with E-state index < -0.39 is 4.92 Å². The molecule has 0 unspecified atom stereocenters. The maximum absolute atomic E-state index is 10.8. The largest absolute Gasteiger partial charge is 0.395 e. The van der Waals surface area contributed by atoms with Crippen LogP contribution >= 0.6 is 11.6 Å². The summed E-state index contributed by atoms with van der Waals surface area (Å²) in [6, 6.07) is 10.9. The van der Waals surface area contributed by atoms with Crippen molar-refractivity contribution in [3.8, 4) is 6.07 Å². The molecule has 10 heteroatoms. The fourth-order valence-electron chi connectivity index (χ4n) is 2.33. The monoisotopic (exact) mass is 389 g/mol. The van der Waals surface area contributed by atoms with E-state index in [2.05, 4.69) is 10.2 Å². The third-order valence-corrected chi connectivity index (χ3v) is 3.89. The smallest absolute Gasteiger partial charge is 0.272 e. The van der Waals surface area contributed by atoms with Crippen LogP contribution in [0.4, 0.5) is 22.7 Å². The number of nitriles is 1. The first-order chi connectivity index (χ1) is 13.0. The summed E-state index contributed by atoms with van der Waals surface area (Å²) in [4.78, 5) is 12.0. The van der Waals surface area contributed by atoms with Crippen molar-refractivity contribution in [1.82, 2.24) is 0 Å². The predicted molar refractivity (Wildman–Crippen MR) is 99.8 cm³/mol. The van der Waals surface area contributed by atoms with Gasteiger partial charge in [-0.1, -0.05) is 11.6 Å². The highest BCUT2D eigenvalue weighted by molar-refractivity contribution is 6.33. The lowest BCUT2D eigenvalue weighted by atomic mass is 10.2. The Balaban J connectivity index is 2.26. The minimum atomic E-state index is -0.642. The first-order valence-corrected chi connectivity index (χ1v) is 8.24. The van der Waals surface area contributed by atoms with Crippen LogP contribution in [0, 0.1) is 21.4 Å². The van der Waals surface area contributed by atoms with Crippen LogP contribution < -0.4 is 4.90 Å². The van der Waals surface area contributed by atoms with Crippen LogP contribution in [0.15, 0.2) is 46.6 Å². The zero-order valence-electron chi connectivity index (χ0n) is 14.1. The third kappa shape index (κ3) is 5.21. The molecule has 0 fully saturated rings. The highest BCUT2D eigenvalue weighted by Gasteiger charge is 2.15. The van der Waals surface area contributed by atoms with Crippen LogP contribution in [0.25, 0.3) is 0 Å². The number of nitrogens with zero attached hydrogens (tertiary/aromatic N) is 5. The Bertz CT molecular complexity index is 874. The van der Waals surface area contributed by atoms with Gasteiger partial charge in [-0.3, -0.25) is 10.1 Å². The Labute approximate surface area is 159 Å². The number of aliphatic hydroxyl groups excluding tert-OH is 2. The van der Waals surface area contributed by atoms with E-state index in [4.69, 9.17) is 27.1 Å².